The van der Waals surface area contributed by atoms with E-state index < -0.39 is 0 Å². The molecule has 0 saturated carbocycles. The fraction of sp³-hybridized carbons (Fsp3) is 0.455. The SMILES string of the molecule is [B]c1cc(NC2=NC(C)CCO2)c(=O)n(C)c1. The van der Waals surface area contributed by atoms with Crippen molar-refractivity contribution in [3.8, 4) is 0 Å². The standard InChI is InChI=1S/C11H14BN3O2/c1-7-3-4-17-11(13-7)14-9-5-8(12)6-15(2)10(9)16/h5-7H,3-4H2,1-2H3,(H,13,14). The molecule has 0 aliphatic carbocycles. The average Bonchev–Trinajstić information content (AvgIpc) is 2.25. The summed E-state index contributed by atoms with van der Waals surface area (Å²) in [6.07, 6.45) is 2.46. The lowest BCUT2D eigenvalue weighted by Crippen LogP contribution is -2.31. The van der Waals surface area contributed by atoms with E-state index in [0.717, 1.165) is 6.42 Å². The highest BCUT2D eigenvalue weighted by Gasteiger charge is 2.13. The minimum absolute atomic E-state index is 0.163. The van der Waals surface area contributed by atoms with Crippen molar-refractivity contribution < 1.29 is 4.74 Å². The predicted molar refractivity (Wildman–Crippen MR) is 68.2 cm³/mol. The summed E-state index contributed by atoms with van der Waals surface area (Å²) in [5, 5.41) is 2.88. The van der Waals surface area contributed by atoms with Crippen LogP contribution >= 0.6 is 0 Å². The van der Waals surface area contributed by atoms with Gasteiger partial charge in [0.05, 0.1) is 12.6 Å². The predicted octanol–water partition coefficient (Wildman–Crippen LogP) is -0.244. The van der Waals surface area contributed by atoms with Crippen LogP contribution < -0.4 is 16.3 Å². The molecule has 88 valence electrons. The number of aryl methyl sites for hydroxylation is 1. The molecule has 1 aromatic heterocycles. The first-order valence-corrected chi connectivity index (χ1v) is 5.50. The number of anilines is 1. The zero-order valence-electron chi connectivity index (χ0n) is 9.93. The normalized spacial score (nSPS) is 19.4. The first kappa shape index (κ1) is 11.8. The van der Waals surface area contributed by atoms with Gasteiger partial charge in [-0.15, -0.1) is 0 Å². The molecule has 0 saturated heterocycles. The van der Waals surface area contributed by atoms with Crippen molar-refractivity contribution in [3.63, 3.8) is 0 Å². The fourth-order valence-corrected chi connectivity index (χ4v) is 1.64. The van der Waals surface area contributed by atoms with Crippen LogP contribution in [0.5, 0.6) is 0 Å². The van der Waals surface area contributed by atoms with Crippen LogP contribution in [-0.4, -0.2) is 31.1 Å². The molecule has 0 fully saturated rings. The highest BCUT2D eigenvalue weighted by atomic mass is 16.5. The maximum atomic E-state index is 11.8. The molecule has 1 aliphatic rings. The van der Waals surface area contributed by atoms with Gasteiger partial charge in [0.1, 0.15) is 13.5 Å². The van der Waals surface area contributed by atoms with Crippen LogP contribution in [0.15, 0.2) is 22.1 Å². The Morgan fingerprint density at radius 1 is 1.65 bits per heavy atom. The summed E-state index contributed by atoms with van der Waals surface area (Å²) in [5.41, 5.74) is 0.725. The summed E-state index contributed by atoms with van der Waals surface area (Å²) >= 11 is 0. The molecule has 1 atom stereocenters. The fourth-order valence-electron chi connectivity index (χ4n) is 1.64. The van der Waals surface area contributed by atoms with Gasteiger partial charge in [0.15, 0.2) is 0 Å². The molecule has 6 heteroatoms. The molecular formula is C11H14BN3O2. The van der Waals surface area contributed by atoms with E-state index in [1.807, 2.05) is 6.92 Å². The average molecular weight is 231 g/mol. The van der Waals surface area contributed by atoms with E-state index in [1.54, 1.807) is 19.3 Å². The molecule has 0 bridgehead atoms. The Hall–Kier alpha value is -1.72. The second-order valence-corrected chi connectivity index (χ2v) is 4.15. The third-order valence-corrected chi connectivity index (χ3v) is 2.56. The van der Waals surface area contributed by atoms with Crippen LogP contribution in [0.3, 0.4) is 0 Å². The molecule has 5 nitrogen and oxygen atoms in total. The molecular weight excluding hydrogens is 217 g/mol. The number of hydrogen-bond donors (Lipinski definition) is 1. The van der Waals surface area contributed by atoms with Gasteiger partial charge in [-0.1, -0.05) is 5.46 Å². The Balaban J connectivity index is 2.27. The van der Waals surface area contributed by atoms with Crippen LogP contribution in [0.1, 0.15) is 13.3 Å². The van der Waals surface area contributed by atoms with Crippen molar-refractivity contribution >= 4 is 25.0 Å². The Morgan fingerprint density at radius 2 is 2.41 bits per heavy atom. The lowest BCUT2D eigenvalue weighted by atomic mass is 9.98. The van der Waals surface area contributed by atoms with Crippen LogP contribution in [0.4, 0.5) is 5.69 Å². The highest BCUT2D eigenvalue weighted by molar-refractivity contribution is 6.32. The van der Waals surface area contributed by atoms with Crippen molar-refractivity contribution in [2.75, 3.05) is 11.9 Å². The van der Waals surface area contributed by atoms with Gasteiger partial charge in [0, 0.05) is 13.5 Å². The number of ether oxygens (including phenoxy) is 1. The second-order valence-electron chi connectivity index (χ2n) is 4.15. The van der Waals surface area contributed by atoms with Gasteiger partial charge in [0.25, 0.3) is 11.6 Å². The molecule has 1 aromatic rings. The van der Waals surface area contributed by atoms with Crippen LogP contribution in [0.25, 0.3) is 0 Å². The van der Waals surface area contributed by atoms with Crippen molar-refractivity contribution in [1.82, 2.24) is 4.57 Å². The molecule has 0 aromatic carbocycles. The summed E-state index contributed by atoms with van der Waals surface area (Å²) in [7, 11) is 7.33. The summed E-state index contributed by atoms with van der Waals surface area (Å²) in [4.78, 5) is 16.1. The third kappa shape index (κ3) is 2.69. The number of aliphatic imine (C=N–C) groups is 1. The largest absolute Gasteiger partial charge is 0.465 e. The maximum Gasteiger partial charge on any atom is 0.289 e. The van der Waals surface area contributed by atoms with Crippen molar-refractivity contribution in [2.24, 2.45) is 12.0 Å². The first-order chi connectivity index (χ1) is 8.06. The molecule has 1 unspecified atom stereocenters. The number of aromatic nitrogens is 1. The van der Waals surface area contributed by atoms with Gasteiger partial charge in [-0.05, 0) is 19.2 Å². The Kier molecular flexibility index (Phi) is 3.22. The van der Waals surface area contributed by atoms with E-state index in [2.05, 4.69) is 10.3 Å². The van der Waals surface area contributed by atoms with E-state index in [1.165, 1.54) is 4.57 Å². The van der Waals surface area contributed by atoms with Crippen molar-refractivity contribution in [3.05, 3.63) is 22.6 Å². The Labute approximate surface area is 101 Å². The topological polar surface area (TPSA) is 55.6 Å². The van der Waals surface area contributed by atoms with E-state index in [-0.39, 0.29) is 11.6 Å². The first-order valence-electron chi connectivity index (χ1n) is 5.50. The smallest absolute Gasteiger partial charge is 0.289 e. The maximum absolute atomic E-state index is 11.8. The minimum Gasteiger partial charge on any atom is -0.465 e. The van der Waals surface area contributed by atoms with Gasteiger partial charge >= 0.3 is 0 Å². The van der Waals surface area contributed by atoms with Crippen LogP contribution in [-0.2, 0) is 11.8 Å². The Bertz CT molecular complexity index is 510. The number of nitrogens with zero attached hydrogens (tertiary/aromatic N) is 2. The molecule has 17 heavy (non-hydrogen) atoms. The summed E-state index contributed by atoms with van der Waals surface area (Å²) in [5.74, 6) is 0. The number of rotatable bonds is 1. The number of pyridine rings is 1. The van der Waals surface area contributed by atoms with Gasteiger partial charge in [-0.3, -0.25) is 4.79 Å². The second kappa shape index (κ2) is 4.65. The van der Waals surface area contributed by atoms with E-state index in [0.29, 0.717) is 23.8 Å². The zero-order valence-corrected chi connectivity index (χ0v) is 9.93. The lowest BCUT2D eigenvalue weighted by molar-refractivity contribution is 0.263. The molecule has 2 heterocycles. The minimum atomic E-state index is -0.163. The van der Waals surface area contributed by atoms with E-state index in [9.17, 15) is 4.79 Å². The number of hydrogen-bond acceptors (Lipinski definition) is 4. The molecule has 0 amide bonds. The summed E-state index contributed by atoms with van der Waals surface area (Å²) in [6, 6.07) is 2.16. The molecule has 0 spiro atoms. The van der Waals surface area contributed by atoms with Crippen LogP contribution in [0.2, 0.25) is 0 Å². The molecule has 2 rings (SSSR count). The monoisotopic (exact) mass is 231 g/mol. The molecule has 1 aliphatic heterocycles. The highest BCUT2D eigenvalue weighted by Crippen LogP contribution is 2.07. The van der Waals surface area contributed by atoms with Crippen LogP contribution in [0, 0.1) is 0 Å². The van der Waals surface area contributed by atoms with Crippen molar-refractivity contribution in [2.45, 2.75) is 19.4 Å². The quantitative estimate of drug-likeness (QED) is 0.678. The van der Waals surface area contributed by atoms with Gasteiger partial charge in [-0.25, -0.2) is 4.99 Å². The number of nitrogens with one attached hydrogen (secondary N) is 1. The number of amidine groups is 1. The summed E-state index contributed by atoms with van der Waals surface area (Å²) in [6.45, 7) is 2.61. The zero-order chi connectivity index (χ0) is 12.4. The lowest BCUT2D eigenvalue weighted by Gasteiger charge is -2.19. The Morgan fingerprint density at radius 3 is 3.12 bits per heavy atom. The van der Waals surface area contributed by atoms with E-state index in [4.69, 9.17) is 12.6 Å². The third-order valence-electron chi connectivity index (χ3n) is 2.56. The molecule has 2 radical (unpaired) electrons. The van der Waals surface area contributed by atoms with Gasteiger partial charge < -0.3 is 14.6 Å². The molecule has 1 N–H and O–H groups in total. The van der Waals surface area contributed by atoms with Gasteiger partial charge in [-0.2, -0.15) is 0 Å². The van der Waals surface area contributed by atoms with Crippen molar-refractivity contribution in [1.29, 1.82) is 0 Å². The summed E-state index contributed by atoms with van der Waals surface area (Å²) < 4.78 is 6.76. The van der Waals surface area contributed by atoms with Gasteiger partial charge in [0.2, 0.25) is 0 Å². The van der Waals surface area contributed by atoms with E-state index >= 15 is 0 Å².